The Hall–Kier alpha value is -2.31. The number of rotatable bonds is 5. The van der Waals surface area contributed by atoms with Crippen molar-refractivity contribution in [2.45, 2.75) is 45.6 Å². The van der Waals surface area contributed by atoms with Crippen molar-refractivity contribution >= 4 is 23.3 Å². The van der Waals surface area contributed by atoms with Gasteiger partial charge >= 0.3 is 17.1 Å². The number of ketones is 1. The number of amides is 2. The quantitative estimate of drug-likeness (QED) is 0.459. The first-order chi connectivity index (χ1) is 12.0. The first-order valence-corrected chi connectivity index (χ1v) is 8.37. The van der Waals surface area contributed by atoms with Crippen LogP contribution in [0.25, 0.3) is 0 Å². The van der Waals surface area contributed by atoms with Crippen LogP contribution in [0.3, 0.4) is 0 Å². The van der Waals surface area contributed by atoms with Crippen molar-refractivity contribution in [3.63, 3.8) is 0 Å². The van der Waals surface area contributed by atoms with Crippen molar-refractivity contribution < 1.29 is 36.6 Å². The van der Waals surface area contributed by atoms with Crippen LogP contribution < -0.4 is 0 Å². The van der Waals surface area contributed by atoms with Gasteiger partial charge in [-0.1, -0.05) is 19.9 Å². The number of carbonyl (C=O) groups excluding carboxylic acids is 3. The molecule has 0 spiro atoms. The summed E-state index contributed by atoms with van der Waals surface area (Å²) in [6.45, 7) is 3.86. The molecule has 3 rings (SSSR count). The summed E-state index contributed by atoms with van der Waals surface area (Å²) in [6.07, 6.45) is 1.80. The second kappa shape index (κ2) is 7.93. The third-order valence-corrected chi connectivity index (χ3v) is 4.62. The predicted octanol–water partition coefficient (Wildman–Crippen LogP) is 3.68. The number of Topliss-reactive ketones (excluding diaryl/α,β-unsaturated/α-hetero) is 1. The molecule has 26 heavy (non-hydrogen) atoms. The van der Waals surface area contributed by atoms with E-state index in [1.54, 1.807) is 18.2 Å². The zero-order valence-electron chi connectivity index (χ0n) is 14.5. The van der Waals surface area contributed by atoms with E-state index in [0.29, 0.717) is 18.4 Å². The minimum absolute atomic E-state index is 0. The Bertz CT molecular complexity index is 828. The molecule has 0 fully saturated rings. The molecule has 1 radical (unpaired) electrons. The third kappa shape index (κ3) is 3.22. The zero-order valence-corrected chi connectivity index (χ0v) is 15.4. The van der Waals surface area contributed by atoms with Gasteiger partial charge in [0.15, 0.2) is 11.5 Å². The van der Waals surface area contributed by atoms with Crippen LogP contribution in [-0.2, 0) is 21.9 Å². The van der Waals surface area contributed by atoms with Gasteiger partial charge in [-0.3, -0.25) is 19.3 Å². The van der Waals surface area contributed by atoms with Crippen molar-refractivity contribution in [3.8, 4) is 0 Å². The Labute approximate surface area is 161 Å². The van der Waals surface area contributed by atoms with Crippen LogP contribution in [0.5, 0.6) is 0 Å². The normalized spacial score (nSPS) is 16.9. The molecule has 0 bridgehead atoms. The van der Waals surface area contributed by atoms with E-state index >= 15 is 0 Å². The van der Waals surface area contributed by atoms with Crippen LogP contribution in [0.4, 0.5) is 5.69 Å². The molecule has 0 unspecified atom stereocenters. The molecule has 0 saturated carbocycles. The zero-order chi connectivity index (χ0) is 18.1. The topological polar surface area (TPSA) is 99.4 Å². The standard InChI is InChI=1S/C18H19N3O4.Cu/c1-3-10(4-2)21-17(24)11-6-5-7-12(15(11)18(21)25)19-20-16-13(22)8-9-14(16)23;/h5-7,10,22H,3-4,8-9H2,1-2H3;/q;+2. The number of benzene rings is 1. The number of aliphatic hydroxyl groups excluding tert-OH is 1. The summed E-state index contributed by atoms with van der Waals surface area (Å²) < 4.78 is 0. The van der Waals surface area contributed by atoms with Crippen LogP contribution in [0.1, 0.15) is 60.2 Å². The molecule has 1 heterocycles. The maximum Gasteiger partial charge on any atom is 2.00 e. The van der Waals surface area contributed by atoms with Crippen LogP contribution in [-0.4, -0.2) is 33.6 Å². The second-order valence-corrected chi connectivity index (χ2v) is 6.07. The Kier molecular flexibility index (Phi) is 6.10. The van der Waals surface area contributed by atoms with Gasteiger partial charge < -0.3 is 5.11 Å². The number of nitrogens with zero attached hydrogens (tertiary/aromatic N) is 3. The second-order valence-electron chi connectivity index (χ2n) is 6.07. The van der Waals surface area contributed by atoms with E-state index < -0.39 is 0 Å². The first kappa shape index (κ1) is 20.0. The average molecular weight is 405 g/mol. The number of azo groups is 1. The summed E-state index contributed by atoms with van der Waals surface area (Å²) >= 11 is 0. The summed E-state index contributed by atoms with van der Waals surface area (Å²) in [5, 5.41) is 17.5. The van der Waals surface area contributed by atoms with Gasteiger partial charge in [0.2, 0.25) is 0 Å². The van der Waals surface area contributed by atoms with Crippen LogP contribution >= 0.6 is 0 Å². The van der Waals surface area contributed by atoms with E-state index in [1.165, 1.54) is 4.90 Å². The number of imide groups is 1. The van der Waals surface area contributed by atoms with Gasteiger partial charge in [0.05, 0.1) is 16.8 Å². The Morgan fingerprint density at radius 1 is 1.08 bits per heavy atom. The molecule has 1 aromatic rings. The Morgan fingerprint density at radius 3 is 2.35 bits per heavy atom. The fourth-order valence-electron chi connectivity index (χ4n) is 3.20. The Balaban J connectivity index is 0.00000243. The fourth-order valence-corrected chi connectivity index (χ4v) is 3.20. The molecule has 1 aromatic carbocycles. The summed E-state index contributed by atoms with van der Waals surface area (Å²) in [6, 6.07) is 4.62. The predicted molar refractivity (Wildman–Crippen MR) is 89.7 cm³/mol. The molecule has 0 saturated heterocycles. The monoisotopic (exact) mass is 404 g/mol. The van der Waals surface area contributed by atoms with Gasteiger partial charge in [0.25, 0.3) is 11.8 Å². The Morgan fingerprint density at radius 2 is 1.77 bits per heavy atom. The summed E-state index contributed by atoms with van der Waals surface area (Å²) in [4.78, 5) is 38.4. The van der Waals surface area contributed by atoms with Gasteiger partial charge in [-0.25, -0.2) is 0 Å². The molecule has 1 N–H and O–H groups in total. The van der Waals surface area contributed by atoms with E-state index in [9.17, 15) is 19.5 Å². The first-order valence-electron chi connectivity index (χ1n) is 8.37. The van der Waals surface area contributed by atoms with E-state index in [0.717, 1.165) is 0 Å². The molecular weight excluding hydrogens is 386 g/mol. The largest absolute Gasteiger partial charge is 2.00 e. The van der Waals surface area contributed by atoms with Crippen LogP contribution in [0.15, 0.2) is 39.9 Å². The van der Waals surface area contributed by atoms with Crippen molar-refractivity contribution in [2.75, 3.05) is 0 Å². The van der Waals surface area contributed by atoms with E-state index in [2.05, 4.69) is 10.2 Å². The van der Waals surface area contributed by atoms with Crippen molar-refractivity contribution in [1.29, 1.82) is 0 Å². The smallest absolute Gasteiger partial charge is 0.510 e. The van der Waals surface area contributed by atoms with Crippen molar-refractivity contribution in [3.05, 3.63) is 40.8 Å². The molecule has 0 atom stereocenters. The molecule has 8 heteroatoms. The van der Waals surface area contributed by atoms with Gasteiger partial charge in [-0.2, -0.15) is 0 Å². The number of hydrogen-bond donors (Lipinski definition) is 1. The molecular formula is C18H19CuN3O4+2. The summed E-state index contributed by atoms with van der Waals surface area (Å²) in [7, 11) is 0. The summed E-state index contributed by atoms with van der Waals surface area (Å²) in [5.74, 6) is -1.10. The minimum atomic E-state index is -0.390. The van der Waals surface area contributed by atoms with Crippen LogP contribution in [0, 0.1) is 0 Å². The van der Waals surface area contributed by atoms with E-state index in [1.807, 2.05) is 13.8 Å². The molecule has 1 aliphatic heterocycles. The maximum absolute atomic E-state index is 12.8. The summed E-state index contributed by atoms with van der Waals surface area (Å²) in [5.41, 5.74) is 0.647. The average Bonchev–Trinajstić information content (AvgIpc) is 3.06. The van der Waals surface area contributed by atoms with Gasteiger partial charge in [-0.05, 0) is 25.0 Å². The van der Waals surface area contributed by atoms with E-state index in [4.69, 9.17) is 0 Å². The molecule has 0 aromatic heterocycles. The van der Waals surface area contributed by atoms with Gasteiger partial charge in [-0.15, -0.1) is 10.2 Å². The molecule has 7 nitrogen and oxygen atoms in total. The van der Waals surface area contributed by atoms with E-state index in [-0.39, 0.29) is 76.3 Å². The number of fused-ring (bicyclic) bond motifs is 1. The number of hydrogen-bond acceptors (Lipinski definition) is 6. The maximum atomic E-state index is 12.8. The number of aliphatic hydroxyl groups is 1. The van der Waals surface area contributed by atoms with Crippen molar-refractivity contribution in [2.24, 2.45) is 10.2 Å². The molecule has 139 valence electrons. The third-order valence-electron chi connectivity index (χ3n) is 4.62. The van der Waals surface area contributed by atoms with Gasteiger partial charge in [0.1, 0.15) is 5.76 Å². The van der Waals surface area contributed by atoms with Crippen molar-refractivity contribution in [1.82, 2.24) is 4.90 Å². The van der Waals surface area contributed by atoms with Gasteiger partial charge in [0, 0.05) is 18.9 Å². The molecule has 2 aliphatic rings. The van der Waals surface area contributed by atoms with Crippen LogP contribution in [0.2, 0.25) is 0 Å². The molecule has 1 aliphatic carbocycles. The number of carbonyl (C=O) groups is 3. The minimum Gasteiger partial charge on any atom is -0.510 e. The fraction of sp³-hybridized carbons (Fsp3) is 0.389. The SMILES string of the molecule is CCC(CC)N1C(=O)c2cccc(N=NC3=C(O)CCC3=O)c2C1=O.[Cu+2]. The number of allylic oxidation sites excluding steroid dienone is 2. The molecule has 2 amide bonds.